The molecule has 1 aliphatic rings. The monoisotopic (exact) mass is 348 g/mol. The number of amides is 1. The number of sulfonamides is 1. The van der Waals surface area contributed by atoms with Crippen molar-refractivity contribution in [1.29, 1.82) is 0 Å². The van der Waals surface area contributed by atoms with Crippen LogP contribution in [0.4, 0.5) is 4.79 Å². The molecule has 0 radical (unpaired) electrons. The average molecular weight is 349 g/mol. The lowest BCUT2D eigenvalue weighted by Crippen LogP contribution is -2.38. The molecule has 104 valence electrons. The highest BCUT2D eigenvalue weighted by Crippen LogP contribution is 2.18. The number of rotatable bonds is 3. The molecule has 1 aromatic rings. The van der Waals surface area contributed by atoms with E-state index < -0.39 is 16.1 Å². The number of nitrogens with one attached hydrogen (secondary N) is 1. The van der Waals surface area contributed by atoms with Crippen LogP contribution >= 0.6 is 15.9 Å². The van der Waals surface area contributed by atoms with Crippen LogP contribution < -0.4 is 4.72 Å². The first kappa shape index (κ1) is 14.3. The molecule has 2 rings (SSSR count). The summed E-state index contributed by atoms with van der Waals surface area (Å²) in [6.07, 6.45) is -0.538. The van der Waals surface area contributed by atoms with E-state index >= 15 is 0 Å². The van der Waals surface area contributed by atoms with Gasteiger partial charge in [-0.2, -0.15) is 0 Å². The molecule has 1 fully saturated rings. The summed E-state index contributed by atoms with van der Waals surface area (Å²) in [4.78, 5) is 12.1. The Bertz CT molecular complexity index is 590. The zero-order chi connectivity index (χ0) is 14.0. The maximum absolute atomic E-state index is 12.1. The molecule has 8 heteroatoms. The maximum atomic E-state index is 12.1. The van der Waals surface area contributed by atoms with Gasteiger partial charge < -0.3 is 10.0 Å². The molecule has 19 heavy (non-hydrogen) atoms. The highest BCUT2D eigenvalue weighted by molar-refractivity contribution is 9.10. The fourth-order valence-electron chi connectivity index (χ4n) is 1.95. The van der Waals surface area contributed by atoms with Gasteiger partial charge in [-0.1, -0.05) is 22.0 Å². The van der Waals surface area contributed by atoms with Crippen LogP contribution in [-0.2, 0) is 10.0 Å². The Balaban J connectivity index is 2.09. The lowest BCUT2D eigenvalue weighted by Gasteiger charge is -2.14. The molecule has 1 atom stereocenters. The Hall–Kier alpha value is -1.12. The summed E-state index contributed by atoms with van der Waals surface area (Å²) in [7, 11) is -3.61. The molecule has 6 nitrogen and oxygen atoms in total. The van der Waals surface area contributed by atoms with Crippen molar-refractivity contribution < 1.29 is 18.3 Å². The number of hydrogen-bond donors (Lipinski definition) is 2. The van der Waals surface area contributed by atoms with Crippen molar-refractivity contribution in [2.24, 2.45) is 0 Å². The summed E-state index contributed by atoms with van der Waals surface area (Å²) in [5.74, 6) is 0. The van der Waals surface area contributed by atoms with Crippen molar-refractivity contribution in [3.05, 3.63) is 28.7 Å². The Morgan fingerprint density at radius 1 is 1.47 bits per heavy atom. The highest BCUT2D eigenvalue weighted by Gasteiger charge is 2.29. The molecule has 0 aromatic heterocycles. The van der Waals surface area contributed by atoms with Crippen molar-refractivity contribution in [3.63, 3.8) is 0 Å². The second kappa shape index (κ2) is 5.48. The van der Waals surface area contributed by atoms with Gasteiger partial charge >= 0.3 is 6.09 Å². The first-order valence-corrected chi connectivity index (χ1v) is 7.92. The Morgan fingerprint density at radius 3 is 2.79 bits per heavy atom. The van der Waals surface area contributed by atoms with Gasteiger partial charge in [-0.3, -0.25) is 0 Å². The van der Waals surface area contributed by atoms with E-state index in [4.69, 9.17) is 5.11 Å². The lowest BCUT2D eigenvalue weighted by molar-refractivity contribution is 0.155. The predicted octanol–water partition coefficient (Wildman–Crippen LogP) is 1.48. The summed E-state index contributed by atoms with van der Waals surface area (Å²) in [5.41, 5.74) is 0. The summed E-state index contributed by atoms with van der Waals surface area (Å²) < 4.78 is 27.4. The molecule has 1 amide bonds. The second-order valence-corrected chi connectivity index (χ2v) is 6.92. The number of hydrogen-bond acceptors (Lipinski definition) is 3. The van der Waals surface area contributed by atoms with Gasteiger partial charge in [0.25, 0.3) is 0 Å². The van der Waals surface area contributed by atoms with Crippen LogP contribution in [0.2, 0.25) is 0 Å². The first-order valence-electron chi connectivity index (χ1n) is 5.64. The van der Waals surface area contributed by atoms with E-state index in [1.165, 1.54) is 17.0 Å². The molecule has 0 saturated carbocycles. The molecule has 0 spiro atoms. The van der Waals surface area contributed by atoms with Gasteiger partial charge in [0.05, 0.1) is 4.90 Å². The molecule has 1 saturated heterocycles. The van der Waals surface area contributed by atoms with E-state index in [0.29, 0.717) is 17.4 Å². The van der Waals surface area contributed by atoms with Gasteiger partial charge in [-0.25, -0.2) is 17.9 Å². The number of likely N-dealkylation sites (tertiary alicyclic amines) is 1. The fourth-order valence-corrected chi connectivity index (χ4v) is 3.81. The van der Waals surface area contributed by atoms with E-state index in [2.05, 4.69) is 20.7 Å². The third-order valence-corrected chi connectivity index (χ3v) is 4.90. The fraction of sp³-hybridized carbons (Fsp3) is 0.364. The summed E-state index contributed by atoms with van der Waals surface area (Å²) >= 11 is 3.22. The van der Waals surface area contributed by atoms with Crippen molar-refractivity contribution in [1.82, 2.24) is 9.62 Å². The van der Waals surface area contributed by atoms with Crippen molar-refractivity contribution in [3.8, 4) is 0 Å². The van der Waals surface area contributed by atoms with Gasteiger partial charge in [-0.15, -0.1) is 0 Å². The number of nitrogens with zero attached hydrogens (tertiary/aromatic N) is 1. The van der Waals surface area contributed by atoms with Crippen LogP contribution in [0.5, 0.6) is 0 Å². The third-order valence-electron chi connectivity index (χ3n) is 2.89. The lowest BCUT2D eigenvalue weighted by atomic mass is 10.3. The number of carboxylic acid groups (broad SMARTS) is 1. The number of carbonyl (C=O) groups is 1. The van der Waals surface area contributed by atoms with E-state index in [9.17, 15) is 13.2 Å². The largest absolute Gasteiger partial charge is 0.465 e. The maximum Gasteiger partial charge on any atom is 0.407 e. The predicted molar refractivity (Wildman–Crippen MR) is 72.5 cm³/mol. The van der Waals surface area contributed by atoms with E-state index in [1.807, 2.05) is 0 Å². The zero-order valence-electron chi connectivity index (χ0n) is 9.91. The molecule has 0 bridgehead atoms. The molecule has 2 N–H and O–H groups in total. The van der Waals surface area contributed by atoms with Gasteiger partial charge in [0.1, 0.15) is 0 Å². The quantitative estimate of drug-likeness (QED) is 0.866. The van der Waals surface area contributed by atoms with Crippen molar-refractivity contribution in [2.75, 3.05) is 13.1 Å². The van der Waals surface area contributed by atoms with Crippen molar-refractivity contribution in [2.45, 2.75) is 17.4 Å². The zero-order valence-corrected chi connectivity index (χ0v) is 12.3. The van der Waals surface area contributed by atoms with Crippen LogP contribution in [0.1, 0.15) is 6.42 Å². The molecule has 1 aromatic carbocycles. The minimum atomic E-state index is -3.61. The van der Waals surface area contributed by atoms with E-state index in [1.54, 1.807) is 12.1 Å². The standard InChI is InChI=1S/C11H13BrN2O4S/c12-8-2-1-3-10(6-8)19(17,18)13-9-4-5-14(7-9)11(15)16/h1-3,6,9,13H,4-5,7H2,(H,15,16)/t9-/m1/s1. The summed E-state index contributed by atoms with van der Waals surface area (Å²) in [6, 6.07) is 6.00. The molecule has 0 unspecified atom stereocenters. The van der Waals surface area contributed by atoms with Gasteiger partial charge in [0, 0.05) is 23.6 Å². The molecule has 1 aliphatic heterocycles. The average Bonchev–Trinajstić information content (AvgIpc) is 2.77. The second-order valence-electron chi connectivity index (χ2n) is 4.29. The van der Waals surface area contributed by atoms with Crippen LogP contribution in [0.25, 0.3) is 0 Å². The van der Waals surface area contributed by atoms with Crippen LogP contribution in [0.15, 0.2) is 33.6 Å². The Kier molecular flexibility index (Phi) is 4.12. The molecular weight excluding hydrogens is 336 g/mol. The minimum absolute atomic E-state index is 0.163. The summed E-state index contributed by atoms with van der Waals surface area (Å²) in [5, 5.41) is 8.83. The molecule has 0 aliphatic carbocycles. The van der Waals surface area contributed by atoms with Crippen molar-refractivity contribution >= 4 is 32.0 Å². The molecule has 1 heterocycles. The number of halogens is 1. The summed E-state index contributed by atoms with van der Waals surface area (Å²) in [6.45, 7) is 0.531. The normalized spacial score (nSPS) is 19.6. The smallest absolute Gasteiger partial charge is 0.407 e. The topological polar surface area (TPSA) is 86.7 Å². The van der Waals surface area contributed by atoms with Crippen LogP contribution in [0.3, 0.4) is 0 Å². The SMILES string of the molecule is O=C(O)N1CC[C@@H](NS(=O)(=O)c2cccc(Br)c2)C1. The minimum Gasteiger partial charge on any atom is -0.465 e. The first-order chi connectivity index (χ1) is 8.88. The van der Waals surface area contributed by atoms with Gasteiger partial charge in [0.2, 0.25) is 10.0 Å². The highest BCUT2D eigenvalue weighted by atomic mass is 79.9. The molecular formula is C11H13BrN2O4S. The van der Waals surface area contributed by atoms with E-state index in [0.717, 1.165) is 0 Å². The Labute approximate surface area is 119 Å². The Morgan fingerprint density at radius 2 is 2.21 bits per heavy atom. The van der Waals surface area contributed by atoms with Gasteiger partial charge in [0.15, 0.2) is 0 Å². The third kappa shape index (κ3) is 3.46. The number of benzene rings is 1. The van der Waals surface area contributed by atoms with Gasteiger partial charge in [-0.05, 0) is 24.6 Å². The van der Waals surface area contributed by atoms with Crippen LogP contribution in [-0.4, -0.2) is 43.6 Å². The van der Waals surface area contributed by atoms with E-state index in [-0.39, 0.29) is 17.5 Å². The van der Waals surface area contributed by atoms with Crippen LogP contribution in [0, 0.1) is 0 Å².